The average Bonchev–Trinajstić information content (AvgIpc) is 2.48. The smallest absolute Gasteiger partial charge is 0.181 e. The van der Waals surface area contributed by atoms with Crippen molar-refractivity contribution in [2.75, 3.05) is 0 Å². The van der Waals surface area contributed by atoms with Crippen molar-refractivity contribution >= 4 is 11.6 Å². The lowest BCUT2D eigenvalue weighted by Crippen LogP contribution is -1.95. The van der Waals surface area contributed by atoms with E-state index < -0.39 is 0 Å². The van der Waals surface area contributed by atoms with E-state index in [2.05, 4.69) is 24.9 Å². The summed E-state index contributed by atoms with van der Waals surface area (Å²) in [6, 6.07) is 5.44. The van der Waals surface area contributed by atoms with Gasteiger partial charge in [-0.25, -0.2) is 15.0 Å². The molecule has 0 saturated carbocycles. The SMILES string of the molecule is Clc1cc(-c2cccnc2)nc(-c2cnccn2)n1. The molecule has 0 spiro atoms. The molecular weight excluding hydrogens is 262 g/mol. The molecule has 92 valence electrons. The number of nitrogens with zero attached hydrogens (tertiary/aromatic N) is 5. The molecule has 5 nitrogen and oxygen atoms in total. The molecule has 0 amide bonds. The second kappa shape index (κ2) is 5.07. The molecule has 3 aromatic rings. The molecule has 0 aromatic carbocycles. The van der Waals surface area contributed by atoms with Gasteiger partial charge in [-0.1, -0.05) is 11.6 Å². The number of hydrogen-bond donors (Lipinski definition) is 0. The second-order valence-corrected chi connectivity index (χ2v) is 4.12. The van der Waals surface area contributed by atoms with Crippen LogP contribution in [0.4, 0.5) is 0 Å². The zero-order valence-corrected chi connectivity index (χ0v) is 10.5. The quantitative estimate of drug-likeness (QED) is 0.669. The molecule has 3 heterocycles. The predicted molar refractivity (Wildman–Crippen MR) is 71.3 cm³/mol. The van der Waals surface area contributed by atoms with Gasteiger partial charge in [0, 0.05) is 36.4 Å². The molecule has 3 rings (SSSR count). The monoisotopic (exact) mass is 269 g/mol. The van der Waals surface area contributed by atoms with Gasteiger partial charge in [-0.2, -0.15) is 0 Å². The first-order valence-electron chi connectivity index (χ1n) is 5.54. The largest absolute Gasteiger partial charge is 0.264 e. The molecule has 0 aliphatic rings. The summed E-state index contributed by atoms with van der Waals surface area (Å²) in [7, 11) is 0. The van der Waals surface area contributed by atoms with E-state index in [1.54, 1.807) is 37.1 Å². The summed E-state index contributed by atoms with van der Waals surface area (Å²) in [5.41, 5.74) is 2.15. The molecule has 0 aliphatic heterocycles. The minimum Gasteiger partial charge on any atom is -0.264 e. The first-order chi connectivity index (χ1) is 9.33. The van der Waals surface area contributed by atoms with Crippen LogP contribution in [0.15, 0.2) is 49.2 Å². The summed E-state index contributed by atoms with van der Waals surface area (Å²) in [5.74, 6) is 0.444. The number of pyridine rings is 1. The van der Waals surface area contributed by atoms with E-state index >= 15 is 0 Å². The number of halogens is 1. The van der Waals surface area contributed by atoms with Crippen molar-refractivity contribution in [1.82, 2.24) is 24.9 Å². The van der Waals surface area contributed by atoms with Gasteiger partial charge in [0.1, 0.15) is 10.8 Å². The van der Waals surface area contributed by atoms with Gasteiger partial charge >= 0.3 is 0 Å². The van der Waals surface area contributed by atoms with Crippen LogP contribution in [0.2, 0.25) is 5.15 Å². The molecule has 19 heavy (non-hydrogen) atoms. The van der Waals surface area contributed by atoms with Crippen molar-refractivity contribution in [2.24, 2.45) is 0 Å². The highest BCUT2D eigenvalue weighted by molar-refractivity contribution is 6.29. The third-order valence-corrected chi connectivity index (χ3v) is 2.64. The molecule has 0 saturated heterocycles. The van der Waals surface area contributed by atoms with Crippen LogP contribution >= 0.6 is 11.6 Å². The Hall–Kier alpha value is -2.40. The number of hydrogen-bond acceptors (Lipinski definition) is 5. The Labute approximate surface area is 114 Å². The third-order valence-electron chi connectivity index (χ3n) is 2.44. The van der Waals surface area contributed by atoms with E-state index in [1.165, 1.54) is 0 Å². The van der Waals surface area contributed by atoms with Gasteiger partial charge in [-0.05, 0) is 12.1 Å². The standard InChI is InChI=1S/C13H8ClN5/c14-12-6-10(9-2-1-3-15-7-9)18-13(19-12)11-8-16-4-5-17-11/h1-8H. The van der Waals surface area contributed by atoms with Crippen molar-refractivity contribution in [3.8, 4) is 22.8 Å². The first-order valence-corrected chi connectivity index (χ1v) is 5.92. The molecule has 0 radical (unpaired) electrons. The molecule has 0 N–H and O–H groups in total. The molecule has 0 fully saturated rings. The van der Waals surface area contributed by atoms with Gasteiger partial charge < -0.3 is 0 Å². The van der Waals surface area contributed by atoms with Gasteiger partial charge in [-0.15, -0.1) is 0 Å². The zero-order valence-electron chi connectivity index (χ0n) is 9.73. The van der Waals surface area contributed by atoms with Crippen LogP contribution in [0, 0.1) is 0 Å². The van der Waals surface area contributed by atoms with Crippen LogP contribution in [0.1, 0.15) is 0 Å². The zero-order chi connectivity index (χ0) is 13.1. The third kappa shape index (κ3) is 2.56. The van der Waals surface area contributed by atoms with Crippen molar-refractivity contribution < 1.29 is 0 Å². The number of aromatic nitrogens is 5. The molecule has 3 aromatic heterocycles. The minimum absolute atomic E-state index is 0.356. The first kappa shape index (κ1) is 11.7. The summed E-state index contributed by atoms with van der Waals surface area (Å²) >= 11 is 6.03. The number of rotatable bonds is 2. The highest BCUT2D eigenvalue weighted by Crippen LogP contribution is 2.22. The summed E-state index contributed by atoms with van der Waals surface area (Å²) in [4.78, 5) is 20.8. The van der Waals surface area contributed by atoms with Crippen LogP contribution in [-0.4, -0.2) is 24.9 Å². The normalized spacial score (nSPS) is 10.4. The Bertz CT molecular complexity index is 630. The van der Waals surface area contributed by atoms with Crippen LogP contribution in [-0.2, 0) is 0 Å². The molecule has 0 atom stereocenters. The Kier molecular flexibility index (Phi) is 3.12. The van der Waals surface area contributed by atoms with E-state index in [-0.39, 0.29) is 0 Å². The Morgan fingerprint density at radius 2 is 1.79 bits per heavy atom. The fraction of sp³-hybridized carbons (Fsp3) is 0. The van der Waals surface area contributed by atoms with Gasteiger partial charge in [0.15, 0.2) is 5.82 Å². The van der Waals surface area contributed by atoms with E-state index in [0.29, 0.717) is 22.4 Å². The maximum absolute atomic E-state index is 6.03. The molecular formula is C13H8ClN5. The highest BCUT2D eigenvalue weighted by Gasteiger charge is 2.08. The van der Waals surface area contributed by atoms with Gasteiger partial charge in [0.25, 0.3) is 0 Å². The average molecular weight is 270 g/mol. The lowest BCUT2D eigenvalue weighted by molar-refractivity contribution is 1.11. The maximum atomic E-state index is 6.03. The van der Waals surface area contributed by atoms with Crippen LogP contribution in [0.25, 0.3) is 22.8 Å². The summed E-state index contributed by atoms with van der Waals surface area (Å²) in [6.07, 6.45) is 8.20. The van der Waals surface area contributed by atoms with Crippen molar-refractivity contribution in [1.29, 1.82) is 0 Å². The van der Waals surface area contributed by atoms with Gasteiger partial charge in [-0.3, -0.25) is 9.97 Å². The Balaban J connectivity index is 2.12. The Morgan fingerprint density at radius 1 is 0.895 bits per heavy atom. The maximum Gasteiger partial charge on any atom is 0.181 e. The second-order valence-electron chi connectivity index (χ2n) is 3.73. The van der Waals surface area contributed by atoms with Crippen LogP contribution in [0.5, 0.6) is 0 Å². The highest BCUT2D eigenvalue weighted by atomic mass is 35.5. The van der Waals surface area contributed by atoms with Crippen molar-refractivity contribution in [2.45, 2.75) is 0 Å². The van der Waals surface area contributed by atoms with Crippen molar-refractivity contribution in [3.63, 3.8) is 0 Å². The fourth-order valence-corrected chi connectivity index (χ4v) is 1.79. The van der Waals surface area contributed by atoms with E-state index in [9.17, 15) is 0 Å². The lowest BCUT2D eigenvalue weighted by atomic mass is 10.2. The summed E-state index contributed by atoms with van der Waals surface area (Å²) in [6.45, 7) is 0. The summed E-state index contributed by atoms with van der Waals surface area (Å²) < 4.78 is 0. The molecule has 0 bridgehead atoms. The fourth-order valence-electron chi connectivity index (χ4n) is 1.61. The van der Waals surface area contributed by atoms with E-state index in [1.807, 2.05) is 12.1 Å². The minimum atomic E-state index is 0.356. The Morgan fingerprint density at radius 3 is 2.53 bits per heavy atom. The van der Waals surface area contributed by atoms with Crippen molar-refractivity contribution in [3.05, 3.63) is 54.3 Å². The van der Waals surface area contributed by atoms with E-state index in [4.69, 9.17) is 11.6 Å². The summed E-state index contributed by atoms with van der Waals surface area (Å²) in [5, 5.41) is 0.356. The predicted octanol–water partition coefficient (Wildman–Crippen LogP) is 2.65. The van der Waals surface area contributed by atoms with Gasteiger partial charge in [0.2, 0.25) is 0 Å². The molecule has 6 heteroatoms. The lowest BCUT2D eigenvalue weighted by Gasteiger charge is -2.04. The molecule has 0 unspecified atom stereocenters. The van der Waals surface area contributed by atoms with E-state index in [0.717, 1.165) is 5.56 Å². The molecule has 0 aliphatic carbocycles. The van der Waals surface area contributed by atoms with Crippen LogP contribution in [0.3, 0.4) is 0 Å². The van der Waals surface area contributed by atoms with Crippen LogP contribution < -0.4 is 0 Å². The topological polar surface area (TPSA) is 64.5 Å². The van der Waals surface area contributed by atoms with Gasteiger partial charge in [0.05, 0.1) is 11.9 Å².